The van der Waals surface area contributed by atoms with Gasteiger partial charge in [-0.2, -0.15) is 0 Å². The van der Waals surface area contributed by atoms with Crippen LogP contribution in [0.4, 0.5) is 4.39 Å². The Balaban J connectivity index is 1.84. The van der Waals surface area contributed by atoms with E-state index in [9.17, 15) is 22.4 Å². The molecule has 0 radical (unpaired) electrons. The predicted octanol–water partition coefficient (Wildman–Crippen LogP) is 1.69. The third-order valence-electron chi connectivity index (χ3n) is 5.97. The Kier molecular flexibility index (Phi) is 8.26. The maximum absolute atomic E-state index is 13.9. The molecular formula is C23H25ClFN5O5S2. The highest BCUT2D eigenvalue weighted by Gasteiger charge is 2.39. The number of aromatic nitrogens is 1. The van der Waals surface area contributed by atoms with Crippen molar-refractivity contribution in [2.45, 2.75) is 19.0 Å². The van der Waals surface area contributed by atoms with Gasteiger partial charge in [-0.3, -0.25) is 14.7 Å². The summed E-state index contributed by atoms with van der Waals surface area (Å²) in [6.45, 7) is 1.84. The fourth-order valence-corrected chi connectivity index (χ4v) is 6.59. The van der Waals surface area contributed by atoms with Crippen LogP contribution in [0.25, 0.3) is 0 Å². The Bertz CT molecular complexity index is 1360. The number of thiazole rings is 1. The number of carbonyl (C=O) groups is 2. The zero-order chi connectivity index (χ0) is 26.7. The van der Waals surface area contributed by atoms with Crippen LogP contribution in [0.2, 0.25) is 5.02 Å². The van der Waals surface area contributed by atoms with Crippen LogP contribution in [0.3, 0.4) is 0 Å². The van der Waals surface area contributed by atoms with Gasteiger partial charge in [-0.05, 0) is 19.1 Å². The molecule has 0 unspecified atom stereocenters. The third-order valence-corrected chi connectivity index (χ3v) is 8.70. The molecule has 0 saturated carbocycles. The molecule has 2 aliphatic rings. The van der Waals surface area contributed by atoms with Crippen LogP contribution in [0.15, 0.2) is 46.0 Å². The van der Waals surface area contributed by atoms with Crippen molar-refractivity contribution in [1.82, 2.24) is 20.5 Å². The highest BCUT2D eigenvalue weighted by molar-refractivity contribution is 7.91. The number of rotatable bonds is 7. The van der Waals surface area contributed by atoms with E-state index in [2.05, 4.69) is 15.6 Å². The Morgan fingerprint density at radius 2 is 2.16 bits per heavy atom. The number of halogens is 2. The van der Waals surface area contributed by atoms with Crippen molar-refractivity contribution < 1.29 is 27.1 Å². The van der Waals surface area contributed by atoms with E-state index < -0.39 is 39.6 Å². The van der Waals surface area contributed by atoms with Gasteiger partial charge in [-0.25, -0.2) is 22.6 Å². The first-order valence-electron chi connectivity index (χ1n) is 11.4. The molecule has 2 atom stereocenters. The summed E-state index contributed by atoms with van der Waals surface area (Å²) in [5.74, 6) is -1.80. The summed E-state index contributed by atoms with van der Waals surface area (Å²) in [6.07, 6.45) is 1.60. The van der Waals surface area contributed by atoms with E-state index in [1.54, 1.807) is 23.4 Å². The van der Waals surface area contributed by atoms with Gasteiger partial charge in [0.1, 0.15) is 17.9 Å². The maximum Gasteiger partial charge on any atom is 0.338 e. The van der Waals surface area contributed by atoms with E-state index in [0.717, 1.165) is 6.07 Å². The Labute approximate surface area is 222 Å². The lowest BCUT2D eigenvalue weighted by Gasteiger charge is -2.36. The lowest BCUT2D eigenvalue weighted by Crippen LogP contribution is -2.56. The summed E-state index contributed by atoms with van der Waals surface area (Å²) in [5, 5.41) is 8.04. The molecule has 14 heteroatoms. The van der Waals surface area contributed by atoms with Gasteiger partial charge >= 0.3 is 5.97 Å². The van der Waals surface area contributed by atoms with Gasteiger partial charge in [-0.1, -0.05) is 17.7 Å². The number of esters is 1. The van der Waals surface area contributed by atoms with Crippen molar-refractivity contribution >= 4 is 50.5 Å². The van der Waals surface area contributed by atoms with Crippen LogP contribution >= 0.6 is 22.9 Å². The lowest BCUT2D eigenvalue weighted by atomic mass is 9.95. The van der Waals surface area contributed by atoms with E-state index in [1.807, 2.05) is 0 Å². The van der Waals surface area contributed by atoms with Gasteiger partial charge in [0.2, 0.25) is 5.91 Å². The molecule has 2 aromatic rings. The second-order valence-corrected chi connectivity index (χ2v) is 11.9. The number of hydrogen-bond donors (Lipinski definition) is 2. The minimum absolute atomic E-state index is 0.0153. The van der Waals surface area contributed by atoms with Crippen LogP contribution in [-0.2, 0) is 24.2 Å². The average molecular weight is 570 g/mol. The normalized spacial score (nSPS) is 21.7. The van der Waals surface area contributed by atoms with Crippen LogP contribution in [0, 0.1) is 5.82 Å². The number of amidine groups is 1. The Morgan fingerprint density at radius 1 is 1.38 bits per heavy atom. The minimum Gasteiger partial charge on any atom is -0.463 e. The number of sulfone groups is 1. The molecule has 1 aromatic heterocycles. The van der Waals surface area contributed by atoms with Crippen LogP contribution in [0.1, 0.15) is 23.5 Å². The fourth-order valence-electron chi connectivity index (χ4n) is 4.21. The van der Waals surface area contributed by atoms with E-state index in [0.29, 0.717) is 22.1 Å². The molecule has 2 N–H and O–H groups in total. The molecule has 1 amide bonds. The second kappa shape index (κ2) is 11.3. The van der Waals surface area contributed by atoms with Crippen LogP contribution < -0.4 is 10.6 Å². The van der Waals surface area contributed by atoms with Gasteiger partial charge in [0.15, 0.2) is 20.7 Å². The van der Waals surface area contributed by atoms with Crippen LogP contribution in [0.5, 0.6) is 0 Å². The summed E-state index contributed by atoms with van der Waals surface area (Å²) < 4.78 is 43.8. The molecule has 4 rings (SSSR count). The molecule has 1 aromatic carbocycles. The summed E-state index contributed by atoms with van der Waals surface area (Å²) in [7, 11) is -1.99. The van der Waals surface area contributed by atoms with Crippen molar-refractivity contribution in [2.24, 2.45) is 4.99 Å². The maximum atomic E-state index is 13.9. The molecule has 37 heavy (non-hydrogen) atoms. The summed E-state index contributed by atoms with van der Waals surface area (Å²) >= 11 is 7.71. The fraction of sp³-hybridized carbons (Fsp3) is 0.391. The predicted molar refractivity (Wildman–Crippen MR) is 138 cm³/mol. The smallest absolute Gasteiger partial charge is 0.338 e. The minimum atomic E-state index is -3.42. The topological polar surface area (TPSA) is 130 Å². The molecule has 0 aliphatic carbocycles. The van der Waals surface area contributed by atoms with Crippen molar-refractivity contribution in [2.75, 3.05) is 38.2 Å². The van der Waals surface area contributed by atoms with Gasteiger partial charge in [-0.15, -0.1) is 11.3 Å². The third kappa shape index (κ3) is 6.00. The van der Waals surface area contributed by atoms with Crippen molar-refractivity contribution in [1.29, 1.82) is 0 Å². The van der Waals surface area contributed by atoms with E-state index in [1.165, 1.54) is 30.5 Å². The zero-order valence-electron chi connectivity index (χ0n) is 20.0. The molecule has 0 spiro atoms. The number of nitrogens with zero attached hydrogens (tertiary/aromatic N) is 3. The largest absolute Gasteiger partial charge is 0.463 e. The number of ether oxygens (including phenoxy) is 1. The molecule has 3 heterocycles. The Hall–Kier alpha value is -2.87. The summed E-state index contributed by atoms with van der Waals surface area (Å²) in [4.78, 5) is 36.6. The van der Waals surface area contributed by atoms with Crippen molar-refractivity contribution in [3.05, 3.63) is 62.5 Å². The second-order valence-electron chi connectivity index (χ2n) is 8.34. The first-order valence-corrected chi connectivity index (χ1v) is 14.5. The van der Waals surface area contributed by atoms with E-state index in [-0.39, 0.29) is 41.8 Å². The molecule has 10 nitrogen and oxygen atoms in total. The lowest BCUT2D eigenvalue weighted by molar-refractivity contribution is -0.139. The number of likely N-dealkylation sites (N-methyl/N-ethyl adjacent to an activating group) is 1. The molecule has 0 bridgehead atoms. The number of hydrogen-bond acceptors (Lipinski definition) is 10. The van der Waals surface area contributed by atoms with E-state index in [4.69, 9.17) is 21.3 Å². The van der Waals surface area contributed by atoms with Gasteiger partial charge in [0, 0.05) is 48.0 Å². The first kappa shape index (κ1) is 27.2. The van der Waals surface area contributed by atoms with Crippen LogP contribution in [-0.4, -0.2) is 80.3 Å². The highest BCUT2D eigenvalue weighted by Crippen LogP contribution is 2.37. The zero-order valence-corrected chi connectivity index (χ0v) is 22.4. The molecule has 1 fully saturated rings. The monoisotopic (exact) mass is 569 g/mol. The SMILES string of the molecule is CCOC(=O)C1=C(CN2CCS(=O)(=O)C[C@H]2C(=O)NC)NC(c2nccs2)=N[C@H]1c1ccc(F)cc1Cl. The molecule has 2 aliphatic heterocycles. The standard InChI is InChI=1S/C23H25ClFN5O5S2/c1-3-35-23(32)18-16(11-30-7-9-37(33,34)12-17(30)21(31)26-2)28-20(22-27-6-8-36-22)29-19(18)14-5-4-13(25)10-15(14)24/h4-6,8,10,17,19H,3,7,9,11-12H2,1-2H3,(H,26,31)(H,28,29)/t17-,19-/m0/s1. The Morgan fingerprint density at radius 3 is 2.81 bits per heavy atom. The molecular weight excluding hydrogens is 545 g/mol. The molecule has 1 saturated heterocycles. The van der Waals surface area contributed by atoms with Crippen molar-refractivity contribution in [3.8, 4) is 0 Å². The summed E-state index contributed by atoms with van der Waals surface area (Å²) in [5.41, 5.74) is 0.861. The summed E-state index contributed by atoms with van der Waals surface area (Å²) in [6, 6.07) is 1.89. The quantitative estimate of drug-likeness (QED) is 0.482. The number of aliphatic imine (C=N–C) groups is 1. The van der Waals surface area contributed by atoms with E-state index >= 15 is 0 Å². The highest BCUT2D eigenvalue weighted by atomic mass is 35.5. The van der Waals surface area contributed by atoms with Gasteiger partial charge < -0.3 is 15.4 Å². The van der Waals surface area contributed by atoms with Gasteiger partial charge in [0.25, 0.3) is 0 Å². The van der Waals surface area contributed by atoms with Crippen molar-refractivity contribution in [3.63, 3.8) is 0 Å². The average Bonchev–Trinajstić information content (AvgIpc) is 3.39. The number of amides is 1. The molecule has 198 valence electrons. The number of carbonyl (C=O) groups excluding carboxylic acids is 2. The van der Waals surface area contributed by atoms with Gasteiger partial charge in [0.05, 0.1) is 23.7 Å². The number of benzene rings is 1. The first-order chi connectivity index (χ1) is 17.6. The number of nitrogens with one attached hydrogen (secondary N) is 2.